The molecule has 1 atom stereocenters. The minimum Gasteiger partial charge on any atom is -0.361 e. The van der Waals surface area contributed by atoms with Crippen molar-refractivity contribution in [3.63, 3.8) is 0 Å². The number of fused-ring (bicyclic) bond motifs is 1. The highest BCUT2D eigenvalue weighted by Gasteiger charge is 2.31. The van der Waals surface area contributed by atoms with Gasteiger partial charge in [0, 0.05) is 17.3 Å². The Hall–Kier alpha value is -2.00. The summed E-state index contributed by atoms with van der Waals surface area (Å²) in [5.41, 5.74) is 2.57. The molecule has 0 spiro atoms. The van der Waals surface area contributed by atoms with Crippen LogP contribution in [0.15, 0.2) is 48.5 Å². The highest BCUT2D eigenvalue weighted by molar-refractivity contribution is 6.30. The van der Waals surface area contributed by atoms with Gasteiger partial charge in [-0.05, 0) is 36.8 Å². The van der Waals surface area contributed by atoms with Crippen LogP contribution in [0, 0.1) is 0 Å². The van der Waals surface area contributed by atoms with Crippen LogP contribution in [0.3, 0.4) is 0 Å². The zero-order chi connectivity index (χ0) is 14.1. The molecule has 3 nitrogen and oxygen atoms in total. The molecule has 1 aliphatic heterocycles. The summed E-state index contributed by atoms with van der Waals surface area (Å²) in [6, 6.07) is 15.2. The molecule has 3 rings (SSSR count). The molecule has 0 aromatic heterocycles. The van der Waals surface area contributed by atoms with Gasteiger partial charge >= 0.3 is 0 Å². The summed E-state index contributed by atoms with van der Waals surface area (Å²) in [7, 11) is 0. The molecular formula is C16H15ClN2O. The molecule has 1 amide bonds. The van der Waals surface area contributed by atoms with E-state index in [1.165, 1.54) is 0 Å². The van der Waals surface area contributed by atoms with Crippen LogP contribution in [0.4, 0.5) is 5.69 Å². The van der Waals surface area contributed by atoms with Crippen molar-refractivity contribution in [3.05, 3.63) is 64.7 Å². The van der Waals surface area contributed by atoms with E-state index < -0.39 is 0 Å². The van der Waals surface area contributed by atoms with Gasteiger partial charge in [0.25, 0.3) is 5.91 Å². The van der Waals surface area contributed by atoms with Crippen LogP contribution >= 0.6 is 11.6 Å². The molecule has 20 heavy (non-hydrogen) atoms. The number of rotatable bonds is 2. The SMILES string of the molecule is CCN1C(=O)c2ccccc2NC1c1cccc(Cl)c1. The van der Waals surface area contributed by atoms with Gasteiger partial charge < -0.3 is 10.2 Å². The number of nitrogens with one attached hydrogen (secondary N) is 1. The van der Waals surface area contributed by atoms with Crippen molar-refractivity contribution in [2.75, 3.05) is 11.9 Å². The van der Waals surface area contributed by atoms with Gasteiger partial charge in [0.05, 0.1) is 5.56 Å². The van der Waals surface area contributed by atoms with Crippen LogP contribution in [0.25, 0.3) is 0 Å². The summed E-state index contributed by atoms with van der Waals surface area (Å²) in [6.45, 7) is 2.61. The molecule has 1 aliphatic rings. The van der Waals surface area contributed by atoms with Gasteiger partial charge in [-0.1, -0.05) is 35.9 Å². The first-order chi connectivity index (χ1) is 9.70. The average molecular weight is 287 g/mol. The number of hydrogen-bond acceptors (Lipinski definition) is 2. The van der Waals surface area contributed by atoms with Gasteiger partial charge in [-0.25, -0.2) is 0 Å². The fourth-order valence-corrected chi connectivity index (χ4v) is 2.76. The predicted octanol–water partition coefficient (Wildman–Crippen LogP) is 3.93. The number of carbonyl (C=O) groups excluding carboxylic acids is 1. The quantitative estimate of drug-likeness (QED) is 0.907. The van der Waals surface area contributed by atoms with Crippen LogP contribution in [-0.2, 0) is 0 Å². The zero-order valence-electron chi connectivity index (χ0n) is 11.1. The lowest BCUT2D eigenvalue weighted by atomic mass is 10.0. The normalized spacial score (nSPS) is 17.6. The molecule has 1 unspecified atom stereocenters. The molecule has 1 N–H and O–H groups in total. The smallest absolute Gasteiger partial charge is 0.257 e. The lowest BCUT2D eigenvalue weighted by Crippen LogP contribution is -2.42. The van der Waals surface area contributed by atoms with Gasteiger partial charge in [-0.2, -0.15) is 0 Å². The second kappa shape index (κ2) is 5.17. The molecule has 2 aromatic rings. The van der Waals surface area contributed by atoms with Crippen molar-refractivity contribution in [3.8, 4) is 0 Å². The van der Waals surface area contributed by atoms with Gasteiger partial charge in [0.1, 0.15) is 6.17 Å². The molecule has 0 saturated heterocycles. The van der Waals surface area contributed by atoms with E-state index in [9.17, 15) is 4.79 Å². The lowest BCUT2D eigenvalue weighted by molar-refractivity contribution is 0.0695. The van der Waals surface area contributed by atoms with Crippen molar-refractivity contribution >= 4 is 23.2 Å². The van der Waals surface area contributed by atoms with Crippen LogP contribution < -0.4 is 5.32 Å². The van der Waals surface area contributed by atoms with E-state index in [2.05, 4.69) is 5.32 Å². The Morgan fingerprint density at radius 1 is 1.20 bits per heavy atom. The molecule has 0 aliphatic carbocycles. The molecule has 1 heterocycles. The second-order valence-corrected chi connectivity index (χ2v) is 5.18. The molecule has 2 aromatic carbocycles. The van der Waals surface area contributed by atoms with Crippen molar-refractivity contribution in [1.29, 1.82) is 0 Å². The van der Waals surface area contributed by atoms with Crippen LogP contribution in [0.2, 0.25) is 5.02 Å². The van der Waals surface area contributed by atoms with E-state index in [0.717, 1.165) is 11.3 Å². The third kappa shape index (κ3) is 2.14. The van der Waals surface area contributed by atoms with E-state index in [-0.39, 0.29) is 12.1 Å². The van der Waals surface area contributed by atoms with Gasteiger partial charge in [0.15, 0.2) is 0 Å². The molecular weight excluding hydrogens is 272 g/mol. The maximum absolute atomic E-state index is 12.6. The first kappa shape index (κ1) is 13.0. The number of benzene rings is 2. The third-order valence-corrected chi connectivity index (χ3v) is 3.76. The summed E-state index contributed by atoms with van der Waals surface area (Å²) in [5.74, 6) is 0.0480. The highest BCUT2D eigenvalue weighted by Crippen LogP contribution is 2.33. The largest absolute Gasteiger partial charge is 0.361 e. The summed E-state index contributed by atoms with van der Waals surface area (Å²) in [4.78, 5) is 14.4. The Bertz CT molecular complexity index is 656. The maximum atomic E-state index is 12.6. The van der Waals surface area contributed by atoms with E-state index in [4.69, 9.17) is 11.6 Å². The van der Waals surface area contributed by atoms with E-state index >= 15 is 0 Å². The lowest BCUT2D eigenvalue weighted by Gasteiger charge is -2.37. The first-order valence-corrected chi connectivity index (χ1v) is 7.00. The van der Waals surface area contributed by atoms with Crippen molar-refractivity contribution in [2.24, 2.45) is 0 Å². The van der Waals surface area contributed by atoms with E-state index in [1.807, 2.05) is 60.4 Å². The number of halogens is 1. The van der Waals surface area contributed by atoms with Crippen LogP contribution in [0.5, 0.6) is 0 Å². The fourth-order valence-electron chi connectivity index (χ4n) is 2.56. The number of anilines is 1. The van der Waals surface area contributed by atoms with Crippen LogP contribution in [-0.4, -0.2) is 17.4 Å². The number of amides is 1. The Balaban J connectivity index is 2.06. The summed E-state index contributed by atoms with van der Waals surface area (Å²) >= 11 is 6.06. The van der Waals surface area contributed by atoms with Crippen molar-refractivity contribution in [2.45, 2.75) is 13.1 Å². The molecule has 102 valence electrons. The molecule has 0 radical (unpaired) electrons. The van der Waals surface area contributed by atoms with Crippen LogP contribution in [0.1, 0.15) is 29.0 Å². The fraction of sp³-hybridized carbons (Fsp3) is 0.188. The summed E-state index contributed by atoms with van der Waals surface area (Å²) < 4.78 is 0. The van der Waals surface area contributed by atoms with Crippen molar-refractivity contribution < 1.29 is 4.79 Å². The zero-order valence-corrected chi connectivity index (χ0v) is 11.9. The number of para-hydroxylation sites is 1. The Morgan fingerprint density at radius 3 is 2.75 bits per heavy atom. The maximum Gasteiger partial charge on any atom is 0.257 e. The second-order valence-electron chi connectivity index (χ2n) is 4.74. The molecule has 0 fully saturated rings. The Labute approximate surface area is 123 Å². The minimum atomic E-state index is -0.180. The van der Waals surface area contributed by atoms with Crippen molar-refractivity contribution in [1.82, 2.24) is 4.90 Å². The summed E-state index contributed by atoms with van der Waals surface area (Å²) in [6.07, 6.45) is -0.180. The summed E-state index contributed by atoms with van der Waals surface area (Å²) in [5, 5.41) is 4.09. The highest BCUT2D eigenvalue weighted by atomic mass is 35.5. The average Bonchev–Trinajstić information content (AvgIpc) is 2.47. The molecule has 4 heteroatoms. The van der Waals surface area contributed by atoms with Gasteiger partial charge in [0.2, 0.25) is 0 Å². The monoisotopic (exact) mass is 286 g/mol. The van der Waals surface area contributed by atoms with Gasteiger partial charge in [-0.15, -0.1) is 0 Å². The predicted molar refractivity (Wildman–Crippen MR) is 81.0 cm³/mol. The van der Waals surface area contributed by atoms with E-state index in [1.54, 1.807) is 0 Å². The first-order valence-electron chi connectivity index (χ1n) is 6.62. The Morgan fingerprint density at radius 2 is 2.00 bits per heavy atom. The van der Waals surface area contributed by atoms with E-state index in [0.29, 0.717) is 17.1 Å². The number of nitrogens with zero attached hydrogens (tertiary/aromatic N) is 1. The number of hydrogen-bond donors (Lipinski definition) is 1. The minimum absolute atomic E-state index is 0.0480. The topological polar surface area (TPSA) is 32.3 Å². The standard InChI is InChI=1S/C16H15ClN2O/c1-2-19-15(11-6-5-7-12(17)10-11)18-14-9-4-3-8-13(14)16(19)20/h3-10,15,18H,2H2,1H3. The molecule has 0 saturated carbocycles. The molecule has 0 bridgehead atoms. The number of carbonyl (C=O) groups is 1. The van der Waals surface area contributed by atoms with Gasteiger partial charge in [-0.3, -0.25) is 4.79 Å². The third-order valence-electron chi connectivity index (χ3n) is 3.53. The Kier molecular flexibility index (Phi) is 3.36.